The number of pyridine rings is 1. The smallest absolute Gasteiger partial charge is 0.150 e. The van der Waals surface area contributed by atoms with Gasteiger partial charge in [-0.3, -0.25) is 4.90 Å². The van der Waals surface area contributed by atoms with Crippen molar-refractivity contribution in [3.8, 4) is 6.07 Å². The molecule has 0 N–H and O–H groups in total. The van der Waals surface area contributed by atoms with Gasteiger partial charge in [0.15, 0.2) is 5.76 Å². The summed E-state index contributed by atoms with van der Waals surface area (Å²) < 4.78 is 5.26. The summed E-state index contributed by atoms with van der Waals surface area (Å²) >= 11 is 0. The van der Waals surface area contributed by atoms with Crippen molar-refractivity contribution >= 4 is 5.69 Å². The minimum Gasteiger partial charge on any atom is -0.368 e. The molecular formula is C15H17N5O. The van der Waals surface area contributed by atoms with Crippen LogP contribution in [0.1, 0.15) is 17.1 Å². The lowest BCUT2D eigenvalue weighted by molar-refractivity contribution is 0.219. The highest BCUT2D eigenvalue weighted by molar-refractivity contribution is 5.46. The predicted octanol–water partition coefficient (Wildman–Crippen LogP) is 1.57. The fourth-order valence-corrected chi connectivity index (χ4v) is 2.51. The van der Waals surface area contributed by atoms with Gasteiger partial charge in [0.05, 0.1) is 24.1 Å². The molecular weight excluding hydrogens is 266 g/mol. The van der Waals surface area contributed by atoms with E-state index in [4.69, 9.17) is 9.78 Å². The molecule has 0 atom stereocenters. The van der Waals surface area contributed by atoms with E-state index in [2.05, 4.69) is 19.9 Å². The van der Waals surface area contributed by atoms with E-state index < -0.39 is 0 Å². The first-order valence-corrected chi connectivity index (χ1v) is 7.00. The number of hydrogen-bond donors (Lipinski definition) is 0. The Labute approximate surface area is 123 Å². The molecule has 21 heavy (non-hydrogen) atoms. The van der Waals surface area contributed by atoms with E-state index >= 15 is 0 Å². The van der Waals surface area contributed by atoms with E-state index in [9.17, 15) is 0 Å². The molecule has 3 rings (SSSR count). The van der Waals surface area contributed by atoms with Gasteiger partial charge in [0, 0.05) is 32.2 Å². The Bertz CT molecular complexity index is 635. The Morgan fingerprint density at radius 2 is 2.10 bits per heavy atom. The summed E-state index contributed by atoms with van der Waals surface area (Å²) in [5.74, 6) is 0.918. The first-order chi connectivity index (χ1) is 10.2. The van der Waals surface area contributed by atoms with Crippen LogP contribution < -0.4 is 4.90 Å². The van der Waals surface area contributed by atoms with Crippen molar-refractivity contribution in [1.82, 2.24) is 15.0 Å². The van der Waals surface area contributed by atoms with Gasteiger partial charge in [-0.05, 0) is 19.1 Å². The highest BCUT2D eigenvalue weighted by Crippen LogP contribution is 2.16. The van der Waals surface area contributed by atoms with Crippen LogP contribution in [0.15, 0.2) is 28.9 Å². The number of hydrogen-bond acceptors (Lipinski definition) is 6. The molecule has 3 heterocycles. The maximum atomic E-state index is 8.77. The summed E-state index contributed by atoms with van der Waals surface area (Å²) in [7, 11) is 0. The number of aromatic nitrogens is 2. The number of anilines is 1. The minimum absolute atomic E-state index is 0.457. The van der Waals surface area contributed by atoms with E-state index in [0.29, 0.717) is 5.69 Å². The van der Waals surface area contributed by atoms with Crippen LogP contribution in [-0.2, 0) is 6.54 Å². The topological polar surface area (TPSA) is 69.2 Å². The molecule has 0 aromatic carbocycles. The van der Waals surface area contributed by atoms with Crippen molar-refractivity contribution in [3.63, 3.8) is 0 Å². The molecule has 0 saturated carbocycles. The number of piperazine rings is 1. The quantitative estimate of drug-likeness (QED) is 0.851. The number of nitrogens with zero attached hydrogens (tertiary/aromatic N) is 5. The molecule has 108 valence electrons. The third-order valence-corrected chi connectivity index (χ3v) is 3.66. The highest BCUT2D eigenvalue weighted by atomic mass is 16.5. The number of nitriles is 1. The summed E-state index contributed by atoms with van der Waals surface area (Å²) in [5, 5.41) is 12.7. The molecule has 6 heteroatoms. The third kappa shape index (κ3) is 3.20. The van der Waals surface area contributed by atoms with Crippen LogP contribution in [-0.4, -0.2) is 41.2 Å². The molecule has 1 fully saturated rings. The molecule has 2 aromatic rings. The monoisotopic (exact) mass is 283 g/mol. The highest BCUT2D eigenvalue weighted by Gasteiger charge is 2.18. The zero-order valence-electron chi connectivity index (χ0n) is 12.0. The van der Waals surface area contributed by atoms with Crippen LogP contribution >= 0.6 is 0 Å². The number of rotatable bonds is 3. The summed E-state index contributed by atoms with van der Waals surface area (Å²) in [6.07, 6.45) is 1.77. The third-order valence-electron chi connectivity index (χ3n) is 3.66. The maximum absolute atomic E-state index is 8.77. The van der Waals surface area contributed by atoms with E-state index in [1.54, 1.807) is 12.3 Å². The van der Waals surface area contributed by atoms with Crippen LogP contribution in [0.4, 0.5) is 5.69 Å². The van der Waals surface area contributed by atoms with Gasteiger partial charge in [-0.2, -0.15) is 5.26 Å². The zero-order valence-corrected chi connectivity index (χ0v) is 12.0. The molecule has 1 aliphatic heterocycles. The molecule has 2 aromatic heterocycles. The Hall–Kier alpha value is -2.39. The summed E-state index contributed by atoms with van der Waals surface area (Å²) in [4.78, 5) is 8.76. The Morgan fingerprint density at radius 3 is 2.67 bits per heavy atom. The van der Waals surface area contributed by atoms with Gasteiger partial charge in [-0.25, -0.2) is 4.98 Å². The van der Waals surface area contributed by atoms with E-state index in [0.717, 1.165) is 49.9 Å². The molecule has 0 aliphatic carbocycles. The fraction of sp³-hybridized carbons (Fsp3) is 0.400. The molecule has 1 aliphatic rings. The summed E-state index contributed by atoms with van der Waals surface area (Å²) in [6.45, 7) is 6.57. The minimum atomic E-state index is 0.457. The van der Waals surface area contributed by atoms with Gasteiger partial charge in [0.1, 0.15) is 11.8 Å². The van der Waals surface area contributed by atoms with Crippen LogP contribution in [0, 0.1) is 18.3 Å². The molecule has 0 spiro atoms. The van der Waals surface area contributed by atoms with Crippen molar-refractivity contribution in [3.05, 3.63) is 41.5 Å². The standard InChI is InChI=1S/C15H17N5O/c1-12-8-15(21-18-12)11-19-4-6-20(7-5-19)14-3-2-13(9-16)17-10-14/h2-3,8,10H,4-7,11H2,1H3. The van der Waals surface area contributed by atoms with Crippen molar-refractivity contribution in [1.29, 1.82) is 5.26 Å². The van der Waals surface area contributed by atoms with Crippen molar-refractivity contribution in [2.24, 2.45) is 0 Å². The van der Waals surface area contributed by atoms with Crippen molar-refractivity contribution in [2.75, 3.05) is 31.1 Å². The van der Waals surface area contributed by atoms with Crippen LogP contribution in [0.5, 0.6) is 0 Å². The first-order valence-electron chi connectivity index (χ1n) is 7.00. The lowest BCUT2D eigenvalue weighted by Gasteiger charge is -2.35. The Morgan fingerprint density at radius 1 is 1.29 bits per heavy atom. The first kappa shape index (κ1) is 13.6. The molecule has 6 nitrogen and oxygen atoms in total. The molecule has 1 saturated heterocycles. The normalized spacial score (nSPS) is 15.9. The van der Waals surface area contributed by atoms with Crippen LogP contribution in [0.25, 0.3) is 0 Å². The van der Waals surface area contributed by atoms with Gasteiger partial charge in [0.2, 0.25) is 0 Å². The Kier molecular flexibility index (Phi) is 3.84. The maximum Gasteiger partial charge on any atom is 0.150 e. The second-order valence-electron chi connectivity index (χ2n) is 5.21. The lowest BCUT2D eigenvalue weighted by atomic mass is 10.2. The van der Waals surface area contributed by atoms with E-state index in [-0.39, 0.29) is 0 Å². The summed E-state index contributed by atoms with van der Waals surface area (Å²) in [6, 6.07) is 7.74. The molecule has 0 amide bonds. The summed E-state index contributed by atoms with van der Waals surface area (Å²) in [5.41, 5.74) is 2.45. The molecule has 0 bridgehead atoms. The second-order valence-corrected chi connectivity index (χ2v) is 5.21. The van der Waals surface area contributed by atoms with Crippen molar-refractivity contribution in [2.45, 2.75) is 13.5 Å². The Balaban J connectivity index is 1.56. The molecule has 0 unspecified atom stereocenters. The zero-order chi connectivity index (χ0) is 14.7. The largest absolute Gasteiger partial charge is 0.368 e. The molecule has 0 radical (unpaired) electrons. The number of aryl methyl sites for hydroxylation is 1. The van der Waals surface area contributed by atoms with Crippen LogP contribution in [0.2, 0.25) is 0 Å². The van der Waals surface area contributed by atoms with Gasteiger partial charge < -0.3 is 9.42 Å². The second kappa shape index (κ2) is 5.94. The van der Waals surface area contributed by atoms with Gasteiger partial charge in [-0.15, -0.1) is 0 Å². The average Bonchev–Trinajstić information content (AvgIpc) is 2.93. The van der Waals surface area contributed by atoms with Crippen LogP contribution in [0.3, 0.4) is 0 Å². The lowest BCUT2D eigenvalue weighted by Crippen LogP contribution is -2.45. The predicted molar refractivity (Wildman–Crippen MR) is 77.7 cm³/mol. The van der Waals surface area contributed by atoms with Gasteiger partial charge in [0.25, 0.3) is 0 Å². The van der Waals surface area contributed by atoms with Crippen molar-refractivity contribution < 1.29 is 4.52 Å². The SMILES string of the molecule is Cc1cc(CN2CCN(c3ccc(C#N)nc3)CC2)on1. The van der Waals surface area contributed by atoms with Gasteiger partial charge >= 0.3 is 0 Å². The fourth-order valence-electron chi connectivity index (χ4n) is 2.51. The van der Waals surface area contributed by atoms with E-state index in [1.165, 1.54) is 0 Å². The van der Waals surface area contributed by atoms with Gasteiger partial charge in [-0.1, -0.05) is 5.16 Å². The van der Waals surface area contributed by atoms with E-state index in [1.807, 2.05) is 25.1 Å². The average molecular weight is 283 g/mol.